The number of benzene rings is 3. The predicted molar refractivity (Wildman–Crippen MR) is 122 cm³/mol. The Kier molecular flexibility index (Phi) is 6.10. The molecule has 0 bridgehead atoms. The van der Waals surface area contributed by atoms with E-state index in [1.165, 1.54) is 5.56 Å². The minimum absolute atomic E-state index is 0.543. The second kappa shape index (κ2) is 8.91. The predicted octanol–water partition coefficient (Wildman–Crippen LogP) is 7.22. The van der Waals surface area contributed by atoms with Crippen molar-refractivity contribution in [3.05, 3.63) is 82.3 Å². The number of fused-ring (bicyclic) bond motifs is 1. The summed E-state index contributed by atoms with van der Waals surface area (Å²) in [5, 5.41) is 2.19. The summed E-state index contributed by atoms with van der Waals surface area (Å²) in [6.07, 6.45) is 2.90. The third kappa shape index (κ3) is 4.27. The van der Waals surface area contributed by atoms with Crippen LogP contribution in [0, 0.1) is 0 Å². The van der Waals surface area contributed by atoms with Crippen molar-refractivity contribution < 1.29 is 4.74 Å². The number of para-hydroxylation sites is 1. The zero-order valence-corrected chi connectivity index (χ0v) is 17.4. The van der Waals surface area contributed by atoms with E-state index < -0.39 is 0 Å². The van der Waals surface area contributed by atoms with E-state index in [2.05, 4.69) is 11.1 Å². The lowest BCUT2D eigenvalue weighted by atomic mass is 10.00. The molecule has 0 fully saturated rings. The van der Waals surface area contributed by atoms with Gasteiger partial charge in [0, 0.05) is 16.6 Å². The number of halogens is 2. The summed E-state index contributed by atoms with van der Waals surface area (Å²) in [6, 6.07) is 21.7. The lowest BCUT2D eigenvalue weighted by Crippen LogP contribution is -1.99. The molecule has 1 aromatic heterocycles. The van der Waals surface area contributed by atoms with Crippen molar-refractivity contribution in [1.82, 2.24) is 4.98 Å². The topological polar surface area (TPSA) is 51.0 Å². The van der Waals surface area contributed by atoms with Gasteiger partial charge in [-0.3, -0.25) is 0 Å². The minimum Gasteiger partial charge on any atom is -0.457 e. The molecule has 1 heterocycles. The van der Waals surface area contributed by atoms with Crippen LogP contribution in [0.15, 0.2) is 66.7 Å². The van der Waals surface area contributed by atoms with E-state index in [1.807, 2.05) is 60.7 Å². The maximum Gasteiger partial charge on any atom is 0.128 e. The SMILES string of the molecule is NCCCCc1c(-c2cccc(Oc3ccccc3)c2)[nH]c2c(Cl)c(Cl)ccc12. The molecule has 0 aliphatic rings. The quantitative estimate of drug-likeness (QED) is 0.307. The third-order valence-electron chi connectivity index (χ3n) is 4.95. The van der Waals surface area contributed by atoms with E-state index >= 15 is 0 Å². The largest absolute Gasteiger partial charge is 0.457 e. The standard InChI is InChI=1S/C24H22Cl2N2O/c25-21-13-12-20-19(11-4-5-14-27)23(28-24(20)22(21)26)16-7-6-10-18(15-16)29-17-8-2-1-3-9-17/h1-3,6-10,12-13,15,28H,4-5,11,14,27H2. The lowest BCUT2D eigenvalue weighted by Gasteiger charge is -2.09. The molecule has 3 nitrogen and oxygen atoms in total. The van der Waals surface area contributed by atoms with Crippen molar-refractivity contribution in [1.29, 1.82) is 0 Å². The second-order valence-corrected chi connectivity index (χ2v) is 7.74. The number of hydrogen-bond donors (Lipinski definition) is 2. The Morgan fingerprint density at radius 2 is 1.66 bits per heavy atom. The first-order chi connectivity index (χ1) is 14.2. The molecular weight excluding hydrogens is 403 g/mol. The van der Waals surface area contributed by atoms with Crippen LogP contribution in [0.5, 0.6) is 11.5 Å². The molecule has 4 aromatic rings. The van der Waals surface area contributed by atoms with Gasteiger partial charge in [-0.1, -0.05) is 59.6 Å². The van der Waals surface area contributed by atoms with E-state index in [9.17, 15) is 0 Å². The highest BCUT2D eigenvalue weighted by atomic mass is 35.5. The Morgan fingerprint density at radius 3 is 2.45 bits per heavy atom. The lowest BCUT2D eigenvalue weighted by molar-refractivity contribution is 0.483. The molecule has 0 saturated heterocycles. The molecule has 0 radical (unpaired) electrons. The molecular formula is C24H22Cl2N2O. The number of hydrogen-bond acceptors (Lipinski definition) is 2. The fourth-order valence-electron chi connectivity index (χ4n) is 3.55. The van der Waals surface area contributed by atoms with Crippen LogP contribution in [-0.4, -0.2) is 11.5 Å². The van der Waals surface area contributed by atoms with Gasteiger partial charge in [-0.2, -0.15) is 0 Å². The average molecular weight is 425 g/mol. The van der Waals surface area contributed by atoms with Crippen LogP contribution in [0.4, 0.5) is 0 Å². The van der Waals surface area contributed by atoms with E-state index in [1.54, 1.807) is 0 Å². The maximum absolute atomic E-state index is 6.49. The summed E-state index contributed by atoms with van der Waals surface area (Å²) >= 11 is 12.7. The number of unbranched alkanes of at least 4 members (excludes halogenated alkanes) is 1. The van der Waals surface area contributed by atoms with Crippen molar-refractivity contribution in [3.63, 3.8) is 0 Å². The Balaban J connectivity index is 1.77. The van der Waals surface area contributed by atoms with Crippen LogP contribution in [0.2, 0.25) is 10.0 Å². The van der Waals surface area contributed by atoms with Crippen molar-refractivity contribution >= 4 is 34.1 Å². The normalized spacial score (nSPS) is 11.1. The molecule has 0 atom stereocenters. The number of aryl methyl sites for hydroxylation is 1. The summed E-state index contributed by atoms with van der Waals surface area (Å²) in [7, 11) is 0. The molecule has 0 aliphatic carbocycles. The van der Waals surface area contributed by atoms with Crippen LogP contribution in [0.1, 0.15) is 18.4 Å². The van der Waals surface area contributed by atoms with Gasteiger partial charge in [-0.25, -0.2) is 0 Å². The van der Waals surface area contributed by atoms with Crippen molar-refractivity contribution in [3.8, 4) is 22.8 Å². The fourth-order valence-corrected chi connectivity index (χ4v) is 3.92. The minimum atomic E-state index is 0.543. The summed E-state index contributed by atoms with van der Waals surface area (Å²) in [5.74, 6) is 1.59. The number of rotatable bonds is 7. The molecule has 0 spiro atoms. The molecule has 148 valence electrons. The number of nitrogens with one attached hydrogen (secondary N) is 1. The highest BCUT2D eigenvalue weighted by Crippen LogP contribution is 2.38. The van der Waals surface area contributed by atoms with Crippen LogP contribution in [-0.2, 0) is 6.42 Å². The fraction of sp³-hybridized carbons (Fsp3) is 0.167. The van der Waals surface area contributed by atoms with Gasteiger partial charge in [0.1, 0.15) is 11.5 Å². The number of H-pyrrole nitrogens is 1. The first kappa shape index (κ1) is 19.8. The number of aromatic nitrogens is 1. The first-order valence-electron chi connectivity index (χ1n) is 9.69. The maximum atomic E-state index is 6.49. The monoisotopic (exact) mass is 424 g/mol. The van der Waals surface area contributed by atoms with Gasteiger partial charge in [0.05, 0.1) is 15.6 Å². The number of aromatic amines is 1. The first-order valence-corrected chi connectivity index (χ1v) is 10.4. The molecule has 4 rings (SSSR count). The average Bonchev–Trinajstić information content (AvgIpc) is 3.11. The van der Waals surface area contributed by atoms with Gasteiger partial charge in [0.2, 0.25) is 0 Å². The van der Waals surface area contributed by atoms with Crippen molar-refractivity contribution in [2.45, 2.75) is 19.3 Å². The highest BCUT2D eigenvalue weighted by Gasteiger charge is 2.17. The molecule has 3 aromatic carbocycles. The Labute approximate surface area is 180 Å². The Morgan fingerprint density at radius 1 is 0.862 bits per heavy atom. The molecule has 0 amide bonds. The zero-order valence-electron chi connectivity index (χ0n) is 15.9. The van der Waals surface area contributed by atoms with Crippen LogP contribution < -0.4 is 10.5 Å². The van der Waals surface area contributed by atoms with Gasteiger partial charge in [-0.15, -0.1) is 0 Å². The van der Waals surface area contributed by atoms with E-state index in [0.29, 0.717) is 16.6 Å². The Bertz CT molecular complexity index is 1120. The van der Waals surface area contributed by atoms with Gasteiger partial charge >= 0.3 is 0 Å². The molecule has 29 heavy (non-hydrogen) atoms. The van der Waals surface area contributed by atoms with Gasteiger partial charge < -0.3 is 15.5 Å². The number of nitrogens with two attached hydrogens (primary N) is 1. The van der Waals surface area contributed by atoms with Crippen molar-refractivity contribution in [2.75, 3.05) is 6.54 Å². The highest BCUT2D eigenvalue weighted by molar-refractivity contribution is 6.45. The molecule has 0 saturated carbocycles. The van der Waals surface area contributed by atoms with Crippen LogP contribution >= 0.6 is 23.2 Å². The summed E-state index contributed by atoms with van der Waals surface area (Å²) in [6.45, 7) is 0.685. The molecule has 3 N–H and O–H groups in total. The molecule has 5 heteroatoms. The van der Waals surface area contributed by atoms with E-state index in [4.69, 9.17) is 33.7 Å². The Hall–Kier alpha value is -2.46. The summed E-state index contributed by atoms with van der Waals surface area (Å²) in [5.41, 5.74) is 9.88. The third-order valence-corrected chi connectivity index (χ3v) is 5.76. The zero-order chi connectivity index (χ0) is 20.2. The number of ether oxygens (including phenoxy) is 1. The summed E-state index contributed by atoms with van der Waals surface area (Å²) < 4.78 is 6.02. The second-order valence-electron chi connectivity index (χ2n) is 6.95. The summed E-state index contributed by atoms with van der Waals surface area (Å²) in [4.78, 5) is 3.50. The van der Waals surface area contributed by atoms with Crippen molar-refractivity contribution in [2.24, 2.45) is 5.73 Å². The van der Waals surface area contributed by atoms with Crippen LogP contribution in [0.25, 0.3) is 22.2 Å². The van der Waals surface area contributed by atoms with Gasteiger partial charge in [-0.05, 0) is 61.7 Å². The van der Waals surface area contributed by atoms with Crippen LogP contribution in [0.3, 0.4) is 0 Å². The smallest absolute Gasteiger partial charge is 0.128 e. The van der Waals surface area contributed by atoms with Gasteiger partial charge in [0.15, 0.2) is 0 Å². The van der Waals surface area contributed by atoms with E-state index in [-0.39, 0.29) is 0 Å². The molecule has 0 unspecified atom stereocenters. The van der Waals surface area contributed by atoms with Gasteiger partial charge in [0.25, 0.3) is 0 Å². The molecule has 0 aliphatic heterocycles. The van der Waals surface area contributed by atoms with E-state index in [0.717, 1.165) is 52.9 Å².